The van der Waals surface area contributed by atoms with Gasteiger partial charge in [0.2, 0.25) is 5.91 Å². The summed E-state index contributed by atoms with van der Waals surface area (Å²) in [4.78, 5) is 36.1. The van der Waals surface area contributed by atoms with Crippen molar-refractivity contribution in [1.82, 2.24) is 16.2 Å². The van der Waals surface area contributed by atoms with Crippen LogP contribution in [-0.2, 0) is 4.79 Å². The summed E-state index contributed by atoms with van der Waals surface area (Å²) in [6.45, 7) is 5.50. The fourth-order valence-corrected chi connectivity index (χ4v) is 2.64. The lowest BCUT2D eigenvalue weighted by atomic mass is 10.1. The van der Waals surface area contributed by atoms with Crippen LogP contribution in [0.25, 0.3) is 0 Å². The molecule has 0 fully saturated rings. The first-order chi connectivity index (χ1) is 13.7. The summed E-state index contributed by atoms with van der Waals surface area (Å²) in [6.07, 6.45) is 0. The molecule has 9 heteroatoms. The van der Waals surface area contributed by atoms with Crippen molar-refractivity contribution >= 4 is 56.7 Å². The molecular formula is C20H21BrN4O3S. The molecule has 0 radical (unpaired) electrons. The molecule has 0 atom stereocenters. The van der Waals surface area contributed by atoms with Gasteiger partial charge < -0.3 is 5.32 Å². The number of aryl methyl sites for hydroxylation is 1. The Kier molecular flexibility index (Phi) is 7.86. The van der Waals surface area contributed by atoms with E-state index in [4.69, 9.17) is 12.2 Å². The second-order valence-electron chi connectivity index (χ2n) is 6.55. The van der Waals surface area contributed by atoms with Crippen LogP contribution in [0.4, 0.5) is 5.69 Å². The second kappa shape index (κ2) is 10.1. The van der Waals surface area contributed by atoms with Gasteiger partial charge in [0.15, 0.2) is 5.11 Å². The molecule has 0 heterocycles. The van der Waals surface area contributed by atoms with Crippen LogP contribution in [0, 0.1) is 12.8 Å². The molecule has 29 heavy (non-hydrogen) atoms. The van der Waals surface area contributed by atoms with Crippen LogP contribution < -0.4 is 21.5 Å². The van der Waals surface area contributed by atoms with Crippen LogP contribution in [0.2, 0.25) is 0 Å². The molecule has 3 amide bonds. The molecule has 0 unspecified atom stereocenters. The van der Waals surface area contributed by atoms with Crippen LogP contribution in [0.5, 0.6) is 0 Å². The standard InChI is InChI=1S/C20H21BrN4O3S/c1-11(2)17(26)22-15-8-6-13(7-9-15)19(28)24-25-20(29)23-18(27)14-5-4-12(3)16(21)10-14/h4-11H,1-3H3,(H,22,26)(H,24,28)(H2,23,25,27,29). The number of hydrogen-bond acceptors (Lipinski definition) is 4. The highest BCUT2D eigenvalue weighted by Gasteiger charge is 2.11. The molecule has 152 valence electrons. The van der Waals surface area contributed by atoms with E-state index in [9.17, 15) is 14.4 Å². The third kappa shape index (κ3) is 6.65. The summed E-state index contributed by atoms with van der Waals surface area (Å²) in [5.41, 5.74) is 7.29. The molecule has 7 nitrogen and oxygen atoms in total. The predicted molar refractivity (Wildman–Crippen MR) is 119 cm³/mol. The summed E-state index contributed by atoms with van der Waals surface area (Å²) in [5.74, 6) is -1.09. The maximum absolute atomic E-state index is 12.2. The normalized spacial score (nSPS) is 10.2. The zero-order chi connectivity index (χ0) is 21.6. The van der Waals surface area contributed by atoms with Crippen molar-refractivity contribution < 1.29 is 14.4 Å². The molecule has 4 N–H and O–H groups in total. The van der Waals surface area contributed by atoms with Gasteiger partial charge in [0.05, 0.1) is 0 Å². The van der Waals surface area contributed by atoms with Gasteiger partial charge in [0, 0.05) is 27.2 Å². The monoisotopic (exact) mass is 476 g/mol. The van der Waals surface area contributed by atoms with Crippen molar-refractivity contribution in [3.8, 4) is 0 Å². The highest BCUT2D eigenvalue weighted by atomic mass is 79.9. The summed E-state index contributed by atoms with van der Waals surface area (Å²) in [5, 5.41) is 5.19. The molecular weight excluding hydrogens is 456 g/mol. The first-order valence-corrected chi connectivity index (χ1v) is 9.96. The van der Waals surface area contributed by atoms with Crippen LogP contribution in [0.3, 0.4) is 0 Å². The van der Waals surface area contributed by atoms with Crippen LogP contribution in [0.15, 0.2) is 46.9 Å². The van der Waals surface area contributed by atoms with E-state index in [-0.39, 0.29) is 16.9 Å². The fraction of sp³-hybridized carbons (Fsp3) is 0.200. The molecule has 2 aromatic rings. The van der Waals surface area contributed by atoms with Crippen molar-refractivity contribution in [1.29, 1.82) is 0 Å². The van der Waals surface area contributed by atoms with Gasteiger partial charge in [-0.2, -0.15) is 0 Å². The van der Waals surface area contributed by atoms with E-state index in [1.807, 2.05) is 13.0 Å². The van der Waals surface area contributed by atoms with E-state index in [1.54, 1.807) is 50.2 Å². The molecule has 0 saturated heterocycles. The minimum atomic E-state index is -0.443. The quantitative estimate of drug-likeness (QED) is 0.400. The number of benzene rings is 2. The summed E-state index contributed by atoms with van der Waals surface area (Å²) in [6, 6.07) is 11.6. The first-order valence-electron chi connectivity index (χ1n) is 8.76. The van der Waals surface area contributed by atoms with E-state index < -0.39 is 11.8 Å². The predicted octanol–water partition coefficient (Wildman–Crippen LogP) is 3.30. The Morgan fingerprint density at radius 1 is 0.931 bits per heavy atom. The van der Waals surface area contributed by atoms with E-state index >= 15 is 0 Å². The maximum Gasteiger partial charge on any atom is 0.269 e. The molecule has 0 spiro atoms. The van der Waals surface area contributed by atoms with E-state index in [0.29, 0.717) is 16.8 Å². The number of rotatable bonds is 4. The van der Waals surface area contributed by atoms with Crippen molar-refractivity contribution in [3.05, 3.63) is 63.6 Å². The van der Waals surface area contributed by atoms with E-state index in [2.05, 4.69) is 37.4 Å². The third-order valence-corrected chi connectivity index (χ3v) is 4.95. The molecule has 0 aliphatic carbocycles. The average Bonchev–Trinajstić information content (AvgIpc) is 2.68. The van der Waals surface area contributed by atoms with Gasteiger partial charge in [0.1, 0.15) is 0 Å². The first kappa shape index (κ1) is 22.5. The van der Waals surface area contributed by atoms with Gasteiger partial charge in [-0.3, -0.25) is 30.6 Å². The molecule has 2 aromatic carbocycles. The van der Waals surface area contributed by atoms with Crippen molar-refractivity contribution in [3.63, 3.8) is 0 Å². The van der Waals surface area contributed by atoms with Crippen molar-refractivity contribution in [2.75, 3.05) is 5.32 Å². The van der Waals surface area contributed by atoms with E-state index in [0.717, 1.165) is 10.0 Å². The number of halogens is 1. The van der Waals surface area contributed by atoms with E-state index in [1.165, 1.54) is 0 Å². The smallest absolute Gasteiger partial charge is 0.269 e. The number of hydrogen-bond donors (Lipinski definition) is 4. The Labute approximate surface area is 182 Å². The van der Waals surface area contributed by atoms with Crippen LogP contribution >= 0.6 is 28.1 Å². The lowest BCUT2D eigenvalue weighted by molar-refractivity contribution is -0.118. The zero-order valence-electron chi connectivity index (χ0n) is 16.1. The number of hydrazine groups is 1. The maximum atomic E-state index is 12.2. The number of carbonyl (C=O) groups is 3. The van der Waals surface area contributed by atoms with Crippen LogP contribution in [0.1, 0.15) is 40.1 Å². The number of thiocarbonyl (C=S) groups is 1. The topological polar surface area (TPSA) is 99.3 Å². The average molecular weight is 477 g/mol. The Morgan fingerprint density at radius 3 is 2.14 bits per heavy atom. The highest BCUT2D eigenvalue weighted by Crippen LogP contribution is 2.17. The molecule has 2 rings (SSSR count). The van der Waals surface area contributed by atoms with Gasteiger partial charge in [-0.25, -0.2) is 0 Å². The molecule has 0 aromatic heterocycles. The van der Waals surface area contributed by atoms with Gasteiger partial charge in [0.25, 0.3) is 11.8 Å². The zero-order valence-corrected chi connectivity index (χ0v) is 18.5. The number of anilines is 1. The third-order valence-electron chi connectivity index (χ3n) is 3.89. The number of amides is 3. The lowest BCUT2D eigenvalue weighted by Crippen LogP contribution is -2.48. The molecule has 0 saturated carbocycles. The van der Waals surface area contributed by atoms with Crippen LogP contribution in [-0.4, -0.2) is 22.8 Å². The Morgan fingerprint density at radius 2 is 1.55 bits per heavy atom. The van der Waals surface area contributed by atoms with Crippen molar-refractivity contribution in [2.45, 2.75) is 20.8 Å². The Hall–Kier alpha value is -2.78. The Bertz CT molecular complexity index is 945. The fourth-order valence-electron chi connectivity index (χ4n) is 2.12. The SMILES string of the molecule is Cc1ccc(C(=O)NC(=S)NNC(=O)c2ccc(NC(=O)C(C)C)cc2)cc1Br. The summed E-state index contributed by atoms with van der Waals surface area (Å²) >= 11 is 8.41. The van der Waals surface area contributed by atoms with Gasteiger partial charge in [-0.05, 0) is 61.1 Å². The summed E-state index contributed by atoms with van der Waals surface area (Å²) in [7, 11) is 0. The largest absolute Gasteiger partial charge is 0.326 e. The lowest BCUT2D eigenvalue weighted by Gasteiger charge is -2.12. The number of nitrogens with one attached hydrogen (secondary N) is 4. The van der Waals surface area contributed by atoms with Gasteiger partial charge in [-0.1, -0.05) is 35.8 Å². The Balaban J connectivity index is 1.86. The minimum Gasteiger partial charge on any atom is -0.326 e. The second-order valence-corrected chi connectivity index (χ2v) is 7.81. The van der Waals surface area contributed by atoms with Gasteiger partial charge >= 0.3 is 0 Å². The van der Waals surface area contributed by atoms with Crippen molar-refractivity contribution in [2.24, 2.45) is 5.92 Å². The summed E-state index contributed by atoms with van der Waals surface area (Å²) < 4.78 is 0.811. The minimum absolute atomic E-state index is 0.0409. The van der Waals surface area contributed by atoms with Gasteiger partial charge in [-0.15, -0.1) is 0 Å². The highest BCUT2D eigenvalue weighted by molar-refractivity contribution is 9.10. The molecule has 0 aliphatic heterocycles. The number of carbonyl (C=O) groups excluding carboxylic acids is 3. The molecule has 0 bridgehead atoms. The molecule has 0 aliphatic rings.